The molecule has 0 atom stereocenters. The van der Waals surface area contributed by atoms with Gasteiger partial charge in [0.15, 0.2) is 0 Å². The summed E-state index contributed by atoms with van der Waals surface area (Å²) in [6.07, 6.45) is 1.80. The minimum atomic E-state index is 0.657. The van der Waals surface area contributed by atoms with Crippen molar-refractivity contribution in [1.29, 1.82) is 0 Å². The number of imidazole rings is 1. The van der Waals surface area contributed by atoms with E-state index in [1.165, 1.54) is 0 Å². The molecule has 0 amide bonds. The number of benzene rings is 2. The van der Waals surface area contributed by atoms with Crippen molar-refractivity contribution in [3.8, 4) is 11.4 Å². The molecule has 0 radical (unpaired) electrons. The molecule has 0 saturated carbocycles. The number of hydrogen-bond donors (Lipinski definition) is 1. The monoisotopic (exact) mass is 253 g/mol. The Morgan fingerprint density at radius 2 is 2.11 bits per heavy atom. The van der Waals surface area contributed by atoms with Gasteiger partial charge in [-0.1, -0.05) is 6.07 Å². The van der Waals surface area contributed by atoms with E-state index in [-0.39, 0.29) is 0 Å². The molecule has 3 aromatic rings. The second kappa shape index (κ2) is 4.65. The number of fused-ring (bicyclic) bond motifs is 1. The van der Waals surface area contributed by atoms with Gasteiger partial charge >= 0.3 is 0 Å². The zero-order valence-corrected chi connectivity index (χ0v) is 10.7. The molecule has 0 aliphatic rings. The molecule has 0 aliphatic heterocycles. The Morgan fingerprint density at radius 3 is 2.95 bits per heavy atom. The van der Waals surface area contributed by atoms with Gasteiger partial charge < -0.3 is 10.5 Å². The number of rotatable bonds is 3. The first-order valence-corrected chi connectivity index (χ1v) is 6.24. The minimum absolute atomic E-state index is 0.657. The fraction of sp³-hybridized carbons (Fsp3) is 0.133. The fourth-order valence-corrected chi connectivity index (χ4v) is 2.13. The van der Waals surface area contributed by atoms with Gasteiger partial charge in [-0.2, -0.15) is 0 Å². The standard InChI is InChI=1S/C15H15N3O/c1-2-19-13-5-3-4-12(9-13)18-10-17-14-8-11(16)6-7-15(14)18/h3-10H,2,16H2,1H3. The zero-order valence-electron chi connectivity index (χ0n) is 10.7. The SMILES string of the molecule is CCOc1cccc(-n2cnc3cc(N)ccc32)c1. The third-order valence-corrected chi connectivity index (χ3v) is 2.98. The van der Waals surface area contributed by atoms with Crippen LogP contribution in [0.15, 0.2) is 48.8 Å². The van der Waals surface area contributed by atoms with E-state index < -0.39 is 0 Å². The Morgan fingerprint density at radius 1 is 1.21 bits per heavy atom. The second-order valence-corrected chi connectivity index (χ2v) is 4.29. The molecule has 0 saturated heterocycles. The summed E-state index contributed by atoms with van der Waals surface area (Å²) in [6, 6.07) is 13.7. The highest BCUT2D eigenvalue weighted by molar-refractivity contribution is 5.80. The van der Waals surface area contributed by atoms with Crippen LogP contribution in [0.25, 0.3) is 16.7 Å². The van der Waals surface area contributed by atoms with Crippen LogP contribution >= 0.6 is 0 Å². The quantitative estimate of drug-likeness (QED) is 0.730. The Bertz CT molecular complexity index is 718. The molecule has 19 heavy (non-hydrogen) atoms. The van der Waals surface area contributed by atoms with Gasteiger partial charge in [0.05, 0.1) is 23.3 Å². The summed E-state index contributed by atoms with van der Waals surface area (Å²) >= 11 is 0. The number of nitrogens with two attached hydrogens (primary N) is 1. The summed E-state index contributed by atoms with van der Waals surface area (Å²) in [4.78, 5) is 4.37. The van der Waals surface area contributed by atoms with Crippen molar-refractivity contribution in [2.75, 3.05) is 12.3 Å². The molecule has 4 heteroatoms. The van der Waals surface area contributed by atoms with E-state index in [4.69, 9.17) is 10.5 Å². The van der Waals surface area contributed by atoms with Crippen LogP contribution in [0, 0.1) is 0 Å². The highest BCUT2D eigenvalue weighted by Crippen LogP contribution is 2.22. The number of nitrogen functional groups attached to an aromatic ring is 1. The van der Waals surface area contributed by atoms with Gasteiger partial charge in [0.1, 0.15) is 12.1 Å². The third-order valence-electron chi connectivity index (χ3n) is 2.98. The second-order valence-electron chi connectivity index (χ2n) is 4.29. The molecule has 1 heterocycles. The maximum Gasteiger partial charge on any atom is 0.121 e. The fourth-order valence-electron chi connectivity index (χ4n) is 2.13. The summed E-state index contributed by atoms with van der Waals surface area (Å²) < 4.78 is 7.55. The van der Waals surface area contributed by atoms with Crippen molar-refractivity contribution in [2.45, 2.75) is 6.92 Å². The van der Waals surface area contributed by atoms with Gasteiger partial charge in [0.2, 0.25) is 0 Å². The molecule has 0 spiro atoms. The van der Waals surface area contributed by atoms with E-state index >= 15 is 0 Å². The predicted octanol–water partition coefficient (Wildman–Crippen LogP) is 3.01. The maximum atomic E-state index is 5.77. The molecule has 0 aliphatic carbocycles. The topological polar surface area (TPSA) is 53.1 Å². The molecule has 3 rings (SSSR count). The molecular formula is C15H15N3O. The molecule has 2 aromatic carbocycles. The van der Waals surface area contributed by atoms with E-state index in [0.717, 1.165) is 28.2 Å². The van der Waals surface area contributed by atoms with Crippen LogP contribution < -0.4 is 10.5 Å². The van der Waals surface area contributed by atoms with Crippen LogP contribution in [-0.4, -0.2) is 16.2 Å². The van der Waals surface area contributed by atoms with Crippen LogP contribution in [0.1, 0.15) is 6.92 Å². The Labute approximate surface area is 111 Å². The Balaban J connectivity index is 2.11. The summed E-state index contributed by atoms with van der Waals surface area (Å²) in [5.74, 6) is 0.859. The van der Waals surface area contributed by atoms with E-state index in [9.17, 15) is 0 Å². The summed E-state index contributed by atoms with van der Waals surface area (Å²) in [6.45, 7) is 2.63. The molecule has 2 N–H and O–H groups in total. The van der Waals surface area contributed by atoms with Crippen molar-refractivity contribution in [3.05, 3.63) is 48.8 Å². The molecule has 4 nitrogen and oxygen atoms in total. The van der Waals surface area contributed by atoms with Gasteiger partial charge in [-0.05, 0) is 37.3 Å². The van der Waals surface area contributed by atoms with Crippen molar-refractivity contribution >= 4 is 16.7 Å². The van der Waals surface area contributed by atoms with Crippen molar-refractivity contribution in [1.82, 2.24) is 9.55 Å². The lowest BCUT2D eigenvalue weighted by molar-refractivity contribution is 0.340. The normalized spacial score (nSPS) is 10.8. The van der Waals surface area contributed by atoms with E-state index in [1.807, 2.05) is 54.0 Å². The molecular weight excluding hydrogens is 238 g/mol. The highest BCUT2D eigenvalue weighted by Gasteiger charge is 2.05. The molecule has 0 fully saturated rings. The van der Waals surface area contributed by atoms with Crippen molar-refractivity contribution in [3.63, 3.8) is 0 Å². The number of anilines is 1. The van der Waals surface area contributed by atoms with E-state index in [1.54, 1.807) is 6.33 Å². The van der Waals surface area contributed by atoms with Crippen LogP contribution in [0.2, 0.25) is 0 Å². The lowest BCUT2D eigenvalue weighted by Gasteiger charge is -2.07. The zero-order chi connectivity index (χ0) is 13.2. The van der Waals surface area contributed by atoms with Gasteiger partial charge in [0.25, 0.3) is 0 Å². The van der Waals surface area contributed by atoms with Gasteiger partial charge in [-0.3, -0.25) is 4.57 Å². The van der Waals surface area contributed by atoms with Gasteiger partial charge in [-0.25, -0.2) is 4.98 Å². The van der Waals surface area contributed by atoms with Crippen LogP contribution in [0.5, 0.6) is 5.75 Å². The summed E-state index contributed by atoms with van der Waals surface area (Å²) in [5, 5.41) is 0. The van der Waals surface area contributed by atoms with Crippen molar-refractivity contribution < 1.29 is 4.74 Å². The Hall–Kier alpha value is -2.49. The minimum Gasteiger partial charge on any atom is -0.494 e. The first-order chi connectivity index (χ1) is 9.28. The number of hydrogen-bond acceptors (Lipinski definition) is 3. The van der Waals surface area contributed by atoms with E-state index in [0.29, 0.717) is 6.61 Å². The van der Waals surface area contributed by atoms with Crippen LogP contribution in [-0.2, 0) is 0 Å². The van der Waals surface area contributed by atoms with Crippen LogP contribution in [0.4, 0.5) is 5.69 Å². The van der Waals surface area contributed by atoms with E-state index in [2.05, 4.69) is 4.98 Å². The molecule has 0 bridgehead atoms. The Kier molecular flexibility index (Phi) is 2.83. The number of ether oxygens (including phenoxy) is 1. The molecule has 0 unspecified atom stereocenters. The van der Waals surface area contributed by atoms with Gasteiger partial charge in [-0.15, -0.1) is 0 Å². The summed E-state index contributed by atoms with van der Waals surface area (Å²) in [7, 11) is 0. The first-order valence-electron chi connectivity index (χ1n) is 6.24. The highest BCUT2D eigenvalue weighted by atomic mass is 16.5. The third kappa shape index (κ3) is 2.12. The average molecular weight is 253 g/mol. The largest absolute Gasteiger partial charge is 0.494 e. The molecule has 96 valence electrons. The lowest BCUT2D eigenvalue weighted by atomic mass is 10.2. The number of aromatic nitrogens is 2. The van der Waals surface area contributed by atoms with Crippen molar-refractivity contribution in [2.24, 2.45) is 0 Å². The number of nitrogens with zero attached hydrogens (tertiary/aromatic N) is 2. The predicted molar refractivity (Wildman–Crippen MR) is 76.7 cm³/mol. The van der Waals surface area contributed by atoms with Crippen LogP contribution in [0.3, 0.4) is 0 Å². The smallest absolute Gasteiger partial charge is 0.121 e. The average Bonchev–Trinajstić information content (AvgIpc) is 2.82. The maximum absolute atomic E-state index is 5.77. The lowest BCUT2D eigenvalue weighted by Crippen LogP contribution is -1.95. The molecule has 1 aromatic heterocycles. The van der Waals surface area contributed by atoms with Gasteiger partial charge in [0, 0.05) is 11.8 Å². The summed E-state index contributed by atoms with van der Waals surface area (Å²) in [5.41, 5.74) is 9.44. The first kappa shape index (κ1) is 11.6.